The van der Waals surface area contributed by atoms with Gasteiger partial charge in [-0.25, -0.2) is 4.79 Å². The fraction of sp³-hybridized carbons (Fsp3) is 0.154. The standard InChI is InChI=1S/C13H11NO2/c15-13(16)14-11-7-9-5-1-3-8-4-2-6-10(11)12(8)9/h1-6,11,14H,7H2,(H,15,16). The van der Waals surface area contributed by atoms with Gasteiger partial charge in [-0.05, 0) is 28.3 Å². The topological polar surface area (TPSA) is 49.3 Å². The summed E-state index contributed by atoms with van der Waals surface area (Å²) in [5.41, 5.74) is 2.32. The Morgan fingerprint density at radius 3 is 2.75 bits per heavy atom. The summed E-state index contributed by atoms with van der Waals surface area (Å²) in [6, 6.07) is 12.1. The van der Waals surface area contributed by atoms with E-state index >= 15 is 0 Å². The maximum absolute atomic E-state index is 10.7. The molecular formula is C13H11NO2. The first kappa shape index (κ1) is 9.21. The highest BCUT2D eigenvalue weighted by atomic mass is 16.4. The van der Waals surface area contributed by atoms with Gasteiger partial charge in [-0.15, -0.1) is 0 Å². The molecule has 0 bridgehead atoms. The van der Waals surface area contributed by atoms with Gasteiger partial charge < -0.3 is 10.4 Å². The normalized spacial score (nSPS) is 17.6. The van der Waals surface area contributed by atoms with Gasteiger partial charge in [-0.1, -0.05) is 36.4 Å². The van der Waals surface area contributed by atoms with E-state index in [0.717, 1.165) is 12.0 Å². The Hall–Kier alpha value is -2.03. The smallest absolute Gasteiger partial charge is 0.405 e. The summed E-state index contributed by atoms with van der Waals surface area (Å²) in [6.45, 7) is 0. The quantitative estimate of drug-likeness (QED) is 0.765. The zero-order valence-electron chi connectivity index (χ0n) is 8.60. The number of hydrogen-bond acceptors (Lipinski definition) is 1. The summed E-state index contributed by atoms with van der Waals surface area (Å²) in [7, 11) is 0. The number of carbonyl (C=O) groups is 1. The molecular weight excluding hydrogens is 202 g/mol. The van der Waals surface area contributed by atoms with Gasteiger partial charge in [-0.2, -0.15) is 0 Å². The summed E-state index contributed by atoms with van der Waals surface area (Å²) < 4.78 is 0. The number of carboxylic acid groups (broad SMARTS) is 1. The van der Waals surface area contributed by atoms with Gasteiger partial charge >= 0.3 is 6.09 Å². The fourth-order valence-corrected chi connectivity index (χ4v) is 2.52. The van der Waals surface area contributed by atoms with Crippen LogP contribution in [-0.2, 0) is 6.42 Å². The number of nitrogens with one attached hydrogen (secondary N) is 1. The Morgan fingerprint density at radius 2 is 2.00 bits per heavy atom. The lowest BCUT2D eigenvalue weighted by atomic mass is 10.0. The van der Waals surface area contributed by atoms with Crippen LogP contribution >= 0.6 is 0 Å². The van der Waals surface area contributed by atoms with E-state index in [1.165, 1.54) is 16.3 Å². The number of amides is 1. The molecule has 3 rings (SSSR count). The first-order valence-electron chi connectivity index (χ1n) is 5.25. The molecule has 0 aromatic heterocycles. The van der Waals surface area contributed by atoms with Crippen molar-refractivity contribution >= 4 is 16.9 Å². The maximum atomic E-state index is 10.7. The van der Waals surface area contributed by atoms with E-state index in [0.29, 0.717) is 0 Å². The van der Waals surface area contributed by atoms with Crippen molar-refractivity contribution in [2.24, 2.45) is 0 Å². The largest absolute Gasteiger partial charge is 0.465 e. The van der Waals surface area contributed by atoms with Gasteiger partial charge in [0.05, 0.1) is 6.04 Å². The minimum atomic E-state index is -0.963. The molecule has 1 aliphatic carbocycles. The van der Waals surface area contributed by atoms with E-state index in [2.05, 4.69) is 23.5 Å². The molecule has 0 radical (unpaired) electrons. The van der Waals surface area contributed by atoms with Crippen molar-refractivity contribution in [3.8, 4) is 0 Å². The van der Waals surface area contributed by atoms with E-state index in [4.69, 9.17) is 5.11 Å². The van der Waals surface area contributed by atoms with Crippen LogP contribution in [0.2, 0.25) is 0 Å². The van der Waals surface area contributed by atoms with Crippen LogP contribution in [0, 0.1) is 0 Å². The van der Waals surface area contributed by atoms with Crippen molar-refractivity contribution in [3.05, 3.63) is 47.5 Å². The first-order valence-corrected chi connectivity index (χ1v) is 5.25. The van der Waals surface area contributed by atoms with Gasteiger partial charge in [0, 0.05) is 0 Å². The fourth-order valence-electron chi connectivity index (χ4n) is 2.52. The van der Waals surface area contributed by atoms with Crippen molar-refractivity contribution < 1.29 is 9.90 Å². The monoisotopic (exact) mass is 213 g/mol. The minimum Gasteiger partial charge on any atom is -0.465 e. The molecule has 1 atom stereocenters. The third-order valence-electron chi connectivity index (χ3n) is 3.12. The Kier molecular flexibility index (Phi) is 1.86. The molecule has 0 fully saturated rings. The summed E-state index contributed by atoms with van der Waals surface area (Å²) in [5.74, 6) is 0. The average Bonchev–Trinajstić information content (AvgIpc) is 2.59. The van der Waals surface area contributed by atoms with Crippen LogP contribution in [0.15, 0.2) is 36.4 Å². The number of hydrogen-bond donors (Lipinski definition) is 2. The van der Waals surface area contributed by atoms with Crippen LogP contribution in [0.4, 0.5) is 4.79 Å². The average molecular weight is 213 g/mol. The third-order valence-corrected chi connectivity index (χ3v) is 3.12. The van der Waals surface area contributed by atoms with Crippen LogP contribution in [0.5, 0.6) is 0 Å². The van der Waals surface area contributed by atoms with E-state index in [1.54, 1.807) is 0 Å². The Bertz CT molecular complexity index is 572. The molecule has 2 aromatic carbocycles. The predicted octanol–water partition coefficient (Wildman–Crippen LogP) is 2.70. The number of benzene rings is 2. The molecule has 1 unspecified atom stereocenters. The molecule has 2 aromatic rings. The molecule has 16 heavy (non-hydrogen) atoms. The van der Waals surface area contributed by atoms with Crippen LogP contribution < -0.4 is 5.32 Å². The van der Waals surface area contributed by atoms with Gasteiger partial charge in [-0.3, -0.25) is 0 Å². The molecule has 0 aliphatic heterocycles. The van der Waals surface area contributed by atoms with E-state index in [-0.39, 0.29) is 6.04 Å². The molecule has 1 aliphatic rings. The highest BCUT2D eigenvalue weighted by Gasteiger charge is 2.24. The molecule has 80 valence electrons. The first-order chi connectivity index (χ1) is 7.75. The second-order valence-electron chi connectivity index (χ2n) is 4.07. The SMILES string of the molecule is O=C(O)NC1Cc2cccc3cccc1c23. The third kappa shape index (κ3) is 1.25. The van der Waals surface area contributed by atoms with Gasteiger partial charge in [0.25, 0.3) is 0 Å². The molecule has 2 N–H and O–H groups in total. The second kappa shape index (κ2) is 3.23. The van der Waals surface area contributed by atoms with Gasteiger partial charge in [0.1, 0.15) is 0 Å². The molecule has 0 spiro atoms. The van der Waals surface area contributed by atoms with Gasteiger partial charge in [0.2, 0.25) is 0 Å². The number of rotatable bonds is 1. The predicted molar refractivity (Wildman–Crippen MR) is 61.6 cm³/mol. The zero-order chi connectivity index (χ0) is 11.1. The molecule has 0 saturated carbocycles. The minimum absolute atomic E-state index is 0.0985. The molecule has 1 amide bonds. The lowest BCUT2D eigenvalue weighted by Gasteiger charge is -2.10. The second-order valence-corrected chi connectivity index (χ2v) is 4.07. The molecule has 3 heteroatoms. The lowest BCUT2D eigenvalue weighted by molar-refractivity contribution is 0.190. The highest BCUT2D eigenvalue weighted by molar-refractivity contribution is 5.91. The van der Waals surface area contributed by atoms with Crippen molar-refractivity contribution in [2.75, 3.05) is 0 Å². The zero-order valence-corrected chi connectivity index (χ0v) is 8.60. The van der Waals surface area contributed by atoms with Gasteiger partial charge in [0.15, 0.2) is 0 Å². The summed E-state index contributed by atoms with van der Waals surface area (Å²) in [4.78, 5) is 10.7. The lowest BCUT2D eigenvalue weighted by Crippen LogP contribution is -2.26. The van der Waals surface area contributed by atoms with E-state index < -0.39 is 6.09 Å². The Labute approximate surface area is 92.7 Å². The molecule has 0 heterocycles. The van der Waals surface area contributed by atoms with Crippen LogP contribution in [0.1, 0.15) is 17.2 Å². The van der Waals surface area contributed by atoms with Crippen LogP contribution in [-0.4, -0.2) is 11.2 Å². The molecule has 3 nitrogen and oxygen atoms in total. The summed E-state index contributed by atoms with van der Waals surface area (Å²) in [6.07, 6.45) is -0.210. The van der Waals surface area contributed by atoms with Crippen molar-refractivity contribution in [1.29, 1.82) is 0 Å². The van der Waals surface area contributed by atoms with E-state index in [9.17, 15) is 4.79 Å². The molecule has 0 saturated heterocycles. The van der Waals surface area contributed by atoms with Crippen LogP contribution in [0.3, 0.4) is 0 Å². The van der Waals surface area contributed by atoms with Crippen molar-refractivity contribution in [3.63, 3.8) is 0 Å². The van der Waals surface area contributed by atoms with Crippen molar-refractivity contribution in [2.45, 2.75) is 12.5 Å². The van der Waals surface area contributed by atoms with E-state index in [1.807, 2.05) is 18.2 Å². The Morgan fingerprint density at radius 1 is 1.25 bits per heavy atom. The summed E-state index contributed by atoms with van der Waals surface area (Å²) in [5, 5.41) is 13.8. The summed E-state index contributed by atoms with van der Waals surface area (Å²) >= 11 is 0. The van der Waals surface area contributed by atoms with Crippen LogP contribution in [0.25, 0.3) is 10.8 Å². The van der Waals surface area contributed by atoms with Crippen molar-refractivity contribution in [1.82, 2.24) is 5.32 Å². The highest BCUT2D eigenvalue weighted by Crippen LogP contribution is 2.36. The maximum Gasteiger partial charge on any atom is 0.405 e. The Balaban J connectivity index is 2.17.